The number of nitrogens with zero attached hydrogens (tertiary/aromatic N) is 2. The number of benzene rings is 1. The van der Waals surface area contributed by atoms with E-state index in [0.29, 0.717) is 5.75 Å². The van der Waals surface area contributed by atoms with Crippen molar-refractivity contribution in [1.82, 2.24) is 9.97 Å². The maximum absolute atomic E-state index is 10.8. The largest absolute Gasteiger partial charge is 0.477 e. The third-order valence-electron chi connectivity index (χ3n) is 2.54. The van der Waals surface area contributed by atoms with Crippen molar-refractivity contribution >= 4 is 5.97 Å². The van der Waals surface area contributed by atoms with Crippen LogP contribution in [0.25, 0.3) is 0 Å². The average Bonchev–Trinajstić information content (AvgIpc) is 2.34. The van der Waals surface area contributed by atoms with Crippen LogP contribution in [-0.4, -0.2) is 21.0 Å². The van der Waals surface area contributed by atoms with Crippen LogP contribution in [0.1, 0.15) is 21.6 Å². The number of hydrogen-bond donors (Lipinski definition) is 1. The minimum atomic E-state index is -1.11. The Bertz CT molecular complexity index is 597. The summed E-state index contributed by atoms with van der Waals surface area (Å²) in [6.45, 7) is 3.97. The van der Waals surface area contributed by atoms with Crippen LogP contribution >= 0.6 is 0 Å². The van der Waals surface area contributed by atoms with Crippen molar-refractivity contribution in [1.29, 1.82) is 0 Å². The third-order valence-corrected chi connectivity index (χ3v) is 2.54. The first kappa shape index (κ1) is 12.0. The second kappa shape index (κ2) is 4.83. The number of hydrogen-bond acceptors (Lipinski definition) is 4. The molecular formula is C13H12N2O3. The molecule has 0 aliphatic carbocycles. The lowest BCUT2D eigenvalue weighted by molar-refractivity contribution is 0.0689. The molecule has 5 nitrogen and oxygen atoms in total. The van der Waals surface area contributed by atoms with Gasteiger partial charge in [0, 0.05) is 6.20 Å². The Morgan fingerprint density at radius 3 is 2.67 bits per heavy atom. The molecule has 0 aliphatic rings. The Morgan fingerprint density at radius 1 is 1.22 bits per heavy atom. The molecule has 0 unspecified atom stereocenters. The van der Waals surface area contributed by atoms with Crippen molar-refractivity contribution < 1.29 is 14.6 Å². The molecule has 1 heterocycles. The van der Waals surface area contributed by atoms with Gasteiger partial charge in [0.1, 0.15) is 5.75 Å². The Kier molecular flexibility index (Phi) is 3.23. The lowest BCUT2D eigenvalue weighted by atomic mass is 10.1. The fraction of sp³-hybridized carbons (Fsp3) is 0.154. The first-order valence-corrected chi connectivity index (χ1v) is 5.38. The lowest BCUT2D eigenvalue weighted by Gasteiger charge is -2.06. The molecule has 2 rings (SSSR count). The van der Waals surface area contributed by atoms with Crippen molar-refractivity contribution in [3.8, 4) is 11.8 Å². The number of rotatable bonds is 3. The molecule has 0 spiro atoms. The predicted octanol–water partition coefficient (Wildman–Crippen LogP) is 2.58. The van der Waals surface area contributed by atoms with Gasteiger partial charge in [0.15, 0.2) is 5.69 Å². The monoisotopic (exact) mass is 244 g/mol. The number of ether oxygens (including phenoxy) is 1. The molecule has 5 heteroatoms. The van der Waals surface area contributed by atoms with E-state index >= 15 is 0 Å². The maximum atomic E-state index is 10.8. The second-order valence-electron chi connectivity index (χ2n) is 3.88. The van der Waals surface area contributed by atoms with E-state index in [2.05, 4.69) is 9.97 Å². The molecule has 92 valence electrons. The number of aryl methyl sites for hydroxylation is 2. The van der Waals surface area contributed by atoms with E-state index in [1.54, 1.807) is 6.07 Å². The quantitative estimate of drug-likeness (QED) is 0.898. The van der Waals surface area contributed by atoms with E-state index < -0.39 is 5.97 Å². The highest BCUT2D eigenvalue weighted by Gasteiger charge is 2.08. The van der Waals surface area contributed by atoms with Crippen molar-refractivity contribution in [3.05, 3.63) is 47.3 Å². The van der Waals surface area contributed by atoms with Gasteiger partial charge in [-0.1, -0.05) is 6.07 Å². The second-order valence-corrected chi connectivity index (χ2v) is 3.88. The molecule has 0 amide bonds. The molecule has 1 aromatic heterocycles. The summed E-state index contributed by atoms with van der Waals surface area (Å²) in [6, 6.07) is 6.91. The molecule has 0 saturated carbocycles. The van der Waals surface area contributed by atoms with Gasteiger partial charge in [0.25, 0.3) is 0 Å². The summed E-state index contributed by atoms with van der Waals surface area (Å²) in [4.78, 5) is 18.4. The average molecular weight is 244 g/mol. The van der Waals surface area contributed by atoms with Gasteiger partial charge in [0.05, 0.1) is 0 Å². The molecule has 0 radical (unpaired) electrons. The van der Waals surface area contributed by atoms with Crippen LogP contribution in [0.5, 0.6) is 11.8 Å². The lowest BCUT2D eigenvalue weighted by Crippen LogP contribution is -2.02. The molecule has 0 aliphatic heterocycles. The molecule has 0 fully saturated rings. The SMILES string of the molecule is Cc1ccc(Oc2nccc(C(=O)O)n2)cc1C. The van der Waals surface area contributed by atoms with Crippen molar-refractivity contribution in [2.45, 2.75) is 13.8 Å². The summed E-state index contributed by atoms with van der Waals surface area (Å²) in [7, 11) is 0. The van der Waals surface area contributed by atoms with Gasteiger partial charge in [-0.25, -0.2) is 9.78 Å². The Labute approximate surface area is 104 Å². The van der Waals surface area contributed by atoms with Crippen molar-refractivity contribution in [2.24, 2.45) is 0 Å². The number of aromatic carboxylic acids is 1. The van der Waals surface area contributed by atoms with Crippen LogP contribution in [0.2, 0.25) is 0 Å². The zero-order valence-electron chi connectivity index (χ0n) is 10.0. The highest BCUT2D eigenvalue weighted by Crippen LogP contribution is 2.20. The van der Waals surface area contributed by atoms with Crippen LogP contribution in [-0.2, 0) is 0 Å². The Balaban J connectivity index is 2.25. The van der Waals surface area contributed by atoms with Crippen LogP contribution in [0, 0.1) is 13.8 Å². The summed E-state index contributed by atoms with van der Waals surface area (Å²) >= 11 is 0. The minimum Gasteiger partial charge on any atom is -0.477 e. The van der Waals surface area contributed by atoms with Gasteiger partial charge < -0.3 is 9.84 Å². The summed E-state index contributed by atoms with van der Waals surface area (Å²) < 4.78 is 5.42. The van der Waals surface area contributed by atoms with Crippen LogP contribution in [0.15, 0.2) is 30.5 Å². The fourth-order valence-electron chi connectivity index (χ4n) is 1.39. The van der Waals surface area contributed by atoms with Gasteiger partial charge in [-0.3, -0.25) is 0 Å². The molecule has 1 N–H and O–H groups in total. The van der Waals surface area contributed by atoms with Gasteiger partial charge in [-0.2, -0.15) is 4.98 Å². The number of aromatic nitrogens is 2. The van der Waals surface area contributed by atoms with Gasteiger partial charge in [-0.15, -0.1) is 0 Å². The number of carboxylic acids is 1. The molecule has 18 heavy (non-hydrogen) atoms. The molecule has 1 aromatic carbocycles. The van der Waals surface area contributed by atoms with Gasteiger partial charge in [-0.05, 0) is 43.2 Å². The van der Waals surface area contributed by atoms with E-state index in [9.17, 15) is 4.79 Å². The predicted molar refractivity (Wildman–Crippen MR) is 65.0 cm³/mol. The summed E-state index contributed by atoms with van der Waals surface area (Å²) in [6.07, 6.45) is 1.35. The summed E-state index contributed by atoms with van der Waals surface area (Å²) in [5, 5.41) is 8.81. The smallest absolute Gasteiger partial charge is 0.354 e. The zero-order valence-corrected chi connectivity index (χ0v) is 10.0. The normalized spacial score (nSPS) is 10.1. The Hall–Kier alpha value is -2.43. The zero-order chi connectivity index (χ0) is 13.1. The topological polar surface area (TPSA) is 72.3 Å². The first-order valence-electron chi connectivity index (χ1n) is 5.38. The summed E-state index contributed by atoms with van der Waals surface area (Å²) in [5.74, 6) is -0.525. The molecule has 0 saturated heterocycles. The third kappa shape index (κ3) is 2.63. The van der Waals surface area contributed by atoms with E-state index in [0.717, 1.165) is 11.1 Å². The van der Waals surface area contributed by atoms with Crippen LogP contribution < -0.4 is 4.74 Å². The molecule has 0 atom stereocenters. The Morgan fingerprint density at radius 2 is 2.00 bits per heavy atom. The standard InChI is InChI=1S/C13H12N2O3/c1-8-3-4-10(7-9(8)2)18-13-14-6-5-11(15-13)12(16)17/h3-7H,1-2H3,(H,16,17). The van der Waals surface area contributed by atoms with E-state index in [4.69, 9.17) is 9.84 Å². The van der Waals surface area contributed by atoms with Crippen molar-refractivity contribution in [3.63, 3.8) is 0 Å². The van der Waals surface area contributed by atoms with Gasteiger partial charge in [0.2, 0.25) is 0 Å². The first-order chi connectivity index (χ1) is 8.56. The number of carbonyl (C=O) groups is 1. The van der Waals surface area contributed by atoms with Crippen molar-refractivity contribution in [2.75, 3.05) is 0 Å². The molecule has 2 aromatic rings. The molecular weight excluding hydrogens is 232 g/mol. The molecule has 0 bridgehead atoms. The van der Waals surface area contributed by atoms with Gasteiger partial charge >= 0.3 is 12.0 Å². The highest BCUT2D eigenvalue weighted by molar-refractivity contribution is 5.85. The number of carboxylic acid groups (broad SMARTS) is 1. The van der Waals surface area contributed by atoms with E-state index in [1.165, 1.54) is 12.3 Å². The van der Waals surface area contributed by atoms with E-state index in [-0.39, 0.29) is 11.7 Å². The van der Waals surface area contributed by atoms with E-state index in [1.807, 2.05) is 26.0 Å². The minimum absolute atomic E-state index is 0.0261. The fourth-order valence-corrected chi connectivity index (χ4v) is 1.39. The highest BCUT2D eigenvalue weighted by atomic mass is 16.5. The maximum Gasteiger partial charge on any atom is 0.354 e. The van der Waals surface area contributed by atoms with Crippen LogP contribution in [0.4, 0.5) is 0 Å². The van der Waals surface area contributed by atoms with Crippen LogP contribution in [0.3, 0.4) is 0 Å². The summed E-state index contributed by atoms with van der Waals surface area (Å²) in [5.41, 5.74) is 2.15.